The third-order valence-corrected chi connectivity index (χ3v) is 5.93. The van der Waals surface area contributed by atoms with Crippen molar-refractivity contribution in [3.63, 3.8) is 0 Å². The fourth-order valence-corrected chi connectivity index (χ4v) is 3.99. The lowest BCUT2D eigenvalue weighted by molar-refractivity contribution is 0.181. The summed E-state index contributed by atoms with van der Waals surface area (Å²) in [6.45, 7) is 6.52. The van der Waals surface area contributed by atoms with E-state index in [2.05, 4.69) is 35.8 Å². The van der Waals surface area contributed by atoms with Crippen LogP contribution >= 0.6 is 11.6 Å². The normalized spacial score (nSPS) is 12.2. The summed E-state index contributed by atoms with van der Waals surface area (Å²) in [6.07, 6.45) is 1.66. The molecule has 0 aliphatic heterocycles. The third kappa shape index (κ3) is 4.95. The van der Waals surface area contributed by atoms with Crippen LogP contribution in [0.25, 0.3) is 5.69 Å². The number of rotatable bonds is 6. The number of aromatic nitrogens is 3. The van der Waals surface area contributed by atoms with E-state index in [1.165, 1.54) is 4.68 Å². The monoisotopic (exact) mass is 434 g/mol. The van der Waals surface area contributed by atoms with Gasteiger partial charge in [-0.05, 0) is 41.3 Å². The van der Waals surface area contributed by atoms with Crippen molar-refractivity contribution in [1.29, 1.82) is 0 Å². The Morgan fingerprint density at radius 1 is 1.14 bits per heavy atom. The second-order valence-corrected chi connectivity index (χ2v) is 9.75. The minimum absolute atomic E-state index is 0.0634. The van der Waals surface area contributed by atoms with E-state index in [-0.39, 0.29) is 10.3 Å². The molecule has 0 aliphatic carbocycles. The van der Waals surface area contributed by atoms with E-state index in [9.17, 15) is 8.42 Å². The third-order valence-electron chi connectivity index (χ3n) is 4.31. The lowest BCUT2D eigenvalue weighted by Gasteiger charge is -2.19. The predicted octanol–water partition coefficient (Wildman–Crippen LogP) is 4.17. The Balaban J connectivity index is 1.94. The summed E-state index contributed by atoms with van der Waals surface area (Å²) >= 11 is 6.12. The van der Waals surface area contributed by atoms with Gasteiger partial charge in [-0.25, -0.2) is 13.1 Å². The van der Waals surface area contributed by atoms with Gasteiger partial charge in [-0.1, -0.05) is 49.7 Å². The van der Waals surface area contributed by atoms with Crippen molar-refractivity contribution in [2.75, 3.05) is 11.8 Å². The molecule has 154 valence electrons. The number of nitrogens with zero attached hydrogens (tertiary/aromatic N) is 3. The molecule has 1 aromatic heterocycles. The maximum atomic E-state index is 12.9. The van der Waals surface area contributed by atoms with Crippen LogP contribution in [-0.2, 0) is 26.8 Å². The van der Waals surface area contributed by atoms with Gasteiger partial charge in [0.15, 0.2) is 0 Å². The first-order chi connectivity index (χ1) is 13.6. The van der Waals surface area contributed by atoms with Gasteiger partial charge in [-0.15, -0.1) is 5.10 Å². The summed E-state index contributed by atoms with van der Waals surface area (Å²) in [5.74, 6) is 0. The van der Waals surface area contributed by atoms with Gasteiger partial charge in [0.05, 0.1) is 29.1 Å². The number of halogens is 1. The number of methoxy groups -OCH3 is 1. The quantitative estimate of drug-likeness (QED) is 0.629. The second-order valence-electron chi connectivity index (χ2n) is 7.63. The highest BCUT2D eigenvalue weighted by Gasteiger charge is 2.20. The van der Waals surface area contributed by atoms with Crippen molar-refractivity contribution in [3.05, 3.63) is 64.9 Å². The zero-order chi connectivity index (χ0) is 21.2. The molecule has 3 aromatic rings. The number of benzene rings is 2. The van der Waals surface area contributed by atoms with Crippen molar-refractivity contribution in [2.45, 2.75) is 37.7 Å². The van der Waals surface area contributed by atoms with Crippen LogP contribution in [-0.4, -0.2) is 30.5 Å². The average Bonchev–Trinajstić information content (AvgIpc) is 3.11. The molecule has 0 amide bonds. The number of ether oxygens (including phenoxy) is 1. The van der Waals surface area contributed by atoms with Gasteiger partial charge < -0.3 is 4.74 Å². The Morgan fingerprint density at radius 2 is 1.83 bits per heavy atom. The summed E-state index contributed by atoms with van der Waals surface area (Å²) in [5.41, 5.74) is 2.40. The van der Waals surface area contributed by atoms with Crippen molar-refractivity contribution < 1.29 is 13.2 Å². The van der Waals surface area contributed by atoms with Crippen LogP contribution in [0.1, 0.15) is 32.0 Å². The molecule has 7 nitrogen and oxygen atoms in total. The van der Waals surface area contributed by atoms with E-state index < -0.39 is 10.0 Å². The number of hydrogen-bond donors (Lipinski definition) is 1. The minimum atomic E-state index is -3.80. The largest absolute Gasteiger partial charge is 0.378 e. The molecule has 3 rings (SSSR count). The lowest BCUT2D eigenvalue weighted by atomic mass is 9.87. The maximum absolute atomic E-state index is 12.9. The molecular weight excluding hydrogens is 412 g/mol. The summed E-state index contributed by atoms with van der Waals surface area (Å²) in [7, 11) is -2.24. The predicted molar refractivity (Wildman–Crippen MR) is 113 cm³/mol. The summed E-state index contributed by atoms with van der Waals surface area (Å²) in [6, 6.07) is 11.7. The van der Waals surface area contributed by atoms with Gasteiger partial charge in [-0.2, -0.15) is 0 Å². The molecule has 9 heteroatoms. The molecule has 0 atom stereocenters. The van der Waals surface area contributed by atoms with Gasteiger partial charge in [0.25, 0.3) is 10.0 Å². The number of nitrogens with one attached hydrogen (secondary N) is 1. The fraction of sp³-hybridized carbons (Fsp3) is 0.300. The highest BCUT2D eigenvalue weighted by molar-refractivity contribution is 7.92. The van der Waals surface area contributed by atoms with E-state index >= 15 is 0 Å². The van der Waals surface area contributed by atoms with E-state index in [1.54, 1.807) is 43.6 Å². The van der Waals surface area contributed by atoms with Crippen LogP contribution in [0.2, 0.25) is 5.02 Å². The van der Waals surface area contributed by atoms with Gasteiger partial charge in [0.2, 0.25) is 0 Å². The highest BCUT2D eigenvalue weighted by atomic mass is 35.5. The molecule has 0 fully saturated rings. The first-order valence-electron chi connectivity index (χ1n) is 8.93. The molecule has 0 bridgehead atoms. The molecular formula is C20H23ClN4O3S. The summed E-state index contributed by atoms with van der Waals surface area (Å²) < 4.78 is 35.0. The fourth-order valence-electron chi connectivity index (χ4n) is 2.75. The number of anilines is 1. The molecule has 0 aliphatic rings. The molecule has 0 spiro atoms. The number of hydrogen-bond acceptors (Lipinski definition) is 5. The van der Waals surface area contributed by atoms with Crippen LogP contribution < -0.4 is 4.72 Å². The van der Waals surface area contributed by atoms with E-state index in [4.69, 9.17) is 16.3 Å². The molecule has 29 heavy (non-hydrogen) atoms. The molecule has 0 radical (unpaired) electrons. The Kier molecular flexibility index (Phi) is 5.97. The molecule has 1 heterocycles. The Bertz CT molecular complexity index is 1100. The zero-order valence-electron chi connectivity index (χ0n) is 16.7. The Hall–Kier alpha value is -2.42. The highest BCUT2D eigenvalue weighted by Crippen LogP contribution is 2.28. The lowest BCUT2D eigenvalue weighted by Crippen LogP contribution is -2.16. The smallest absolute Gasteiger partial charge is 0.261 e. The maximum Gasteiger partial charge on any atom is 0.261 e. The SMILES string of the molecule is COCc1cn(-c2cc(Cl)ccc2NS(=O)(=O)c2ccc(C(C)(C)C)cc2)nn1. The summed E-state index contributed by atoms with van der Waals surface area (Å²) in [4.78, 5) is 0.171. The van der Waals surface area contributed by atoms with Crippen molar-refractivity contribution in [3.8, 4) is 5.69 Å². The van der Waals surface area contributed by atoms with Crippen LogP contribution in [0.15, 0.2) is 53.6 Å². The molecule has 0 saturated carbocycles. The topological polar surface area (TPSA) is 86.1 Å². The molecule has 2 aromatic carbocycles. The zero-order valence-corrected chi connectivity index (χ0v) is 18.3. The summed E-state index contributed by atoms with van der Waals surface area (Å²) in [5, 5.41) is 8.50. The number of sulfonamides is 1. The van der Waals surface area contributed by atoms with Gasteiger partial charge >= 0.3 is 0 Å². The van der Waals surface area contributed by atoms with Crippen molar-refractivity contribution >= 4 is 27.3 Å². The van der Waals surface area contributed by atoms with Crippen LogP contribution in [0, 0.1) is 0 Å². The first kappa shape index (κ1) is 21.3. The Morgan fingerprint density at radius 3 is 2.45 bits per heavy atom. The minimum Gasteiger partial charge on any atom is -0.378 e. The van der Waals surface area contributed by atoms with Crippen LogP contribution in [0.3, 0.4) is 0 Å². The average molecular weight is 435 g/mol. The second kappa shape index (κ2) is 8.14. The van der Waals surface area contributed by atoms with Crippen molar-refractivity contribution in [1.82, 2.24) is 15.0 Å². The van der Waals surface area contributed by atoms with Crippen molar-refractivity contribution in [2.24, 2.45) is 0 Å². The van der Waals surface area contributed by atoms with Gasteiger partial charge in [0, 0.05) is 12.1 Å². The van der Waals surface area contributed by atoms with Crippen LogP contribution in [0.5, 0.6) is 0 Å². The standard InChI is InChI=1S/C20H23ClN4O3S/c1-20(2,3)14-5-8-17(9-6-14)29(26,27)23-18-10-7-15(21)11-19(18)25-12-16(13-28-4)22-24-25/h5-12,23H,13H2,1-4H3. The van der Waals surface area contributed by atoms with Gasteiger partial charge in [0.1, 0.15) is 5.69 Å². The van der Waals surface area contributed by atoms with E-state index in [0.717, 1.165) is 5.56 Å². The Labute approximate surface area is 175 Å². The molecule has 0 unspecified atom stereocenters. The molecule has 1 N–H and O–H groups in total. The van der Waals surface area contributed by atoms with Crippen LogP contribution in [0.4, 0.5) is 5.69 Å². The van der Waals surface area contributed by atoms with E-state index in [1.807, 2.05) is 12.1 Å². The first-order valence-corrected chi connectivity index (χ1v) is 10.8. The van der Waals surface area contributed by atoms with Gasteiger partial charge in [-0.3, -0.25) is 4.72 Å². The van der Waals surface area contributed by atoms with E-state index in [0.29, 0.717) is 28.7 Å². The molecule has 0 saturated heterocycles.